The molecule has 3 N–H and O–H groups in total. The summed E-state index contributed by atoms with van der Waals surface area (Å²) in [5, 5.41) is 8.93. The molecule has 200 valence electrons. The molecule has 1 aliphatic carbocycles. The minimum absolute atomic E-state index is 0.0449. The van der Waals surface area contributed by atoms with E-state index in [1.54, 1.807) is 45.5 Å². The van der Waals surface area contributed by atoms with Crippen LogP contribution in [0.1, 0.15) is 52.9 Å². The highest BCUT2D eigenvalue weighted by atomic mass is 16.2. The zero-order chi connectivity index (χ0) is 26.9. The van der Waals surface area contributed by atoms with Crippen molar-refractivity contribution in [1.82, 2.24) is 25.5 Å². The number of carbonyl (C=O) groups excluding carboxylic acids is 3. The molecule has 3 atom stereocenters. The Balaban J connectivity index is 1.84. The number of anilines is 1. The highest BCUT2D eigenvalue weighted by Gasteiger charge is 2.38. The highest BCUT2D eigenvalue weighted by Crippen LogP contribution is 2.29. The number of aromatic nitrogens is 2. The third-order valence-electron chi connectivity index (χ3n) is 7.17. The molecule has 0 bridgehead atoms. The Morgan fingerprint density at radius 2 is 1.59 bits per heavy atom. The highest BCUT2D eigenvalue weighted by molar-refractivity contribution is 6.00. The summed E-state index contributed by atoms with van der Waals surface area (Å²) < 4.78 is 0. The average molecular weight is 509 g/mol. The van der Waals surface area contributed by atoms with Crippen molar-refractivity contribution in [1.29, 1.82) is 0 Å². The molecule has 1 aromatic carbocycles. The van der Waals surface area contributed by atoms with Gasteiger partial charge in [-0.05, 0) is 56.8 Å². The van der Waals surface area contributed by atoms with Crippen LogP contribution < -0.4 is 16.0 Å². The molecule has 3 rings (SSSR count). The summed E-state index contributed by atoms with van der Waals surface area (Å²) in [6.07, 6.45) is 8.25. The Hall–Kier alpha value is -3.33. The van der Waals surface area contributed by atoms with Gasteiger partial charge in [0.1, 0.15) is 12.1 Å². The van der Waals surface area contributed by atoms with Crippen molar-refractivity contribution in [2.45, 2.75) is 71.0 Å². The Morgan fingerprint density at radius 3 is 2.22 bits per heavy atom. The summed E-state index contributed by atoms with van der Waals surface area (Å²) in [7, 11) is 3.37. The van der Waals surface area contributed by atoms with Crippen molar-refractivity contribution < 1.29 is 14.4 Å². The Labute approximate surface area is 219 Å². The Morgan fingerprint density at radius 1 is 0.946 bits per heavy atom. The maximum atomic E-state index is 13.9. The summed E-state index contributed by atoms with van der Waals surface area (Å²) in [5.41, 5.74) is 1.27. The van der Waals surface area contributed by atoms with Gasteiger partial charge in [0.25, 0.3) is 0 Å². The zero-order valence-electron chi connectivity index (χ0n) is 22.5. The van der Waals surface area contributed by atoms with Crippen LogP contribution in [0.5, 0.6) is 0 Å². The van der Waals surface area contributed by atoms with E-state index in [9.17, 15) is 14.4 Å². The fourth-order valence-electron chi connectivity index (χ4n) is 4.97. The number of amides is 3. The molecule has 0 radical (unpaired) electrons. The van der Waals surface area contributed by atoms with Gasteiger partial charge in [-0.1, -0.05) is 45.2 Å². The molecule has 2 aromatic rings. The van der Waals surface area contributed by atoms with Crippen LogP contribution in [0, 0.1) is 11.8 Å². The van der Waals surface area contributed by atoms with Crippen LogP contribution >= 0.6 is 0 Å². The number of likely N-dealkylation sites (N-methyl/N-ethyl adjacent to an activating group) is 2. The number of nitrogens with zero attached hydrogens (tertiary/aromatic N) is 3. The van der Waals surface area contributed by atoms with Gasteiger partial charge in [-0.15, -0.1) is 0 Å². The SMILES string of the molecule is CN[C@@H](C)C(=O)N[C@H](C(=O)N(C)[C@H](C(=O)Nc1ccccc1-c1ncccn1)C(C)C)C1CCCCC1. The molecular formula is C28H40N6O3. The van der Waals surface area contributed by atoms with Crippen LogP contribution in [0.2, 0.25) is 0 Å². The smallest absolute Gasteiger partial charge is 0.247 e. The average Bonchev–Trinajstić information content (AvgIpc) is 2.91. The zero-order valence-corrected chi connectivity index (χ0v) is 22.5. The number of nitrogens with one attached hydrogen (secondary N) is 3. The summed E-state index contributed by atoms with van der Waals surface area (Å²) in [6, 6.07) is 7.24. The minimum Gasteiger partial charge on any atom is -0.343 e. The fraction of sp³-hybridized carbons (Fsp3) is 0.536. The van der Waals surface area contributed by atoms with Gasteiger partial charge in [0.05, 0.1) is 11.7 Å². The van der Waals surface area contributed by atoms with Gasteiger partial charge in [-0.25, -0.2) is 9.97 Å². The number of hydrogen-bond donors (Lipinski definition) is 3. The molecule has 37 heavy (non-hydrogen) atoms. The lowest BCUT2D eigenvalue weighted by atomic mass is 9.83. The van der Waals surface area contributed by atoms with Gasteiger partial charge in [0.2, 0.25) is 17.7 Å². The monoisotopic (exact) mass is 508 g/mol. The number of hydrogen-bond acceptors (Lipinski definition) is 6. The molecule has 9 nitrogen and oxygen atoms in total. The van der Waals surface area contributed by atoms with E-state index in [4.69, 9.17) is 0 Å². The second kappa shape index (κ2) is 13.3. The van der Waals surface area contributed by atoms with Crippen molar-refractivity contribution in [3.63, 3.8) is 0 Å². The predicted octanol–water partition coefficient (Wildman–Crippen LogP) is 3.24. The topological polar surface area (TPSA) is 116 Å². The third kappa shape index (κ3) is 7.13. The van der Waals surface area contributed by atoms with Gasteiger partial charge >= 0.3 is 0 Å². The third-order valence-corrected chi connectivity index (χ3v) is 7.17. The van der Waals surface area contributed by atoms with Crippen molar-refractivity contribution in [3.8, 4) is 11.4 Å². The van der Waals surface area contributed by atoms with Crippen LogP contribution in [-0.2, 0) is 14.4 Å². The van der Waals surface area contributed by atoms with Crippen LogP contribution in [0.4, 0.5) is 5.69 Å². The van der Waals surface area contributed by atoms with Crippen molar-refractivity contribution >= 4 is 23.4 Å². The number of rotatable bonds is 10. The van der Waals surface area contributed by atoms with Gasteiger partial charge in [0.15, 0.2) is 5.82 Å². The largest absolute Gasteiger partial charge is 0.343 e. The summed E-state index contributed by atoms with van der Waals surface area (Å²) in [4.78, 5) is 50.4. The van der Waals surface area contributed by atoms with E-state index in [0.717, 1.165) is 32.1 Å². The molecule has 0 unspecified atom stereocenters. The second-order valence-electron chi connectivity index (χ2n) is 10.1. The molecular weight excluding hydrogens is 468 g/mol. The molecule has 0 aliphatic heterocycles. The fourth-order valence-corrected chi connectivity index (χ4v) is 4.97. The van der Waals surface area contributed by atoms with Crippen molar-refractivity contribution in [3.05, 3.63) is 42.7 Å². The molecule has 1 aromatic heterocycles. The molecule has 1 aliphatic rings. The van der Waals surface area contributed by atoms with E-state index in [1.807, 2.05) is 32.0 Å². The number of carbonyl (C=O) groups is 3. The summed E-state index contributed by atoms with van der Waals surface area (Å²) in [5.74, 6) is -0.370. The summed E-state index contributed by atoms with van der Waals surface area (Å²) in [6.45, 7) is 5.59. The maximum Gasteiger partial charge on any atom is 0.247 e. The van der Waals surface area contributed by atoms with E-state index in [-0.39, 0.29) is 29.6 Å². The lowest BCUT2D eigenvalue weighted by Crippen LogP contribution is -2.59. The van der Waals surface area contributed by atoms with E-state index in [0.29, 0.717) is 17.1 Å². The quantitative estimate of drug-likeness (QED) is 0.454. The van der Waals surface area contributed by atoms with Gasteiger partial charge < -0.3 is 20.9 Å². The minimum atomic E-state index is -0.734. The second-order valence-corrected chi connectivity index (χ2v) is 10.1. The molecule has 1 saturated carbocycles. The first-order chi connectivity index (χ1) is 17.7. The van der Waals surface area contributed by atoms with Gasteiger partial charge in [-0.3, -0.25) is 14.4 Å². The normalized spacial score (nSPS) is 16.5. The first-order valence-corrected chi connectivity index (χ1v) is 13.2. The van der Waals surface area contributed by atoms with E-state index >= 15 is 0 Å². The standard InChI is InChI=1S/C28H40N6O3/c1-18(2)24(27(36)32-22-15-10-9-14-21(22)25-30-16-11-17-31-25)34(5)28(37)23(20-12-7-6-8-13-20)33-26(35)19(3)29-4/h9-11,14-20,23-24,29H,6-8,12-13H2,1-5H3,(H,32,36)(H,33,35)/t19-,23-,24-/m0/s1. The van der Waals surface area contributed by atoms with Crippen molar-refractivity contribution in [2.75, 3.05) is 19.4 Å². The number of benzene rings is 1. The molecule has 3 amide bonds. The van der Waals surface area contributed by atoms with Crippen LogP contribution in [0.25, 0.3) is 11.4 Å². The van der Waals surface area contributed by atoms with E-state index < -0.39 is 18.1 Å². The number of para-hydroxylation sites is 1. The Kier molecular flexibility index (Phi) is 10.1. The lowest BCUT2D eigenvalue weighted by molar-refractivity contribution is -0.143. The lowest BCUT2D eigenvalue weighted by Gasteiger charge is -2.37. The van der Waals surface area contributed by atoms with E-state index in [1.165, 1.54) is 4.90 Å². The van der Waals surface area contributed by atoms with E-state index in [2.05, 4.69) is 25.9 Å². The maximum absolute atomic E-state index is 13.9. The van der Waals surface area contributed by atoms with Crippen LogP contribution in [-0.4, -0.2) is 64.8 Å². The molecule has 1 heterocycles. The molecule has 0 spiro atoms. The first-order valence-electron chi connectivity index (χ1n) is 13.2. The predicted molar refractivity (Wildman–Crippen MR) is 145 cm³/mol. The van der Waals surface area contributed by atoms with Crippen molar-refractivity contribution in [2.24, 2.45) is 11.8 Å². The summed E-state index contributed by atoms with van der Waals surface area (Å²) >= 11 is 0. The Bertz CT molecular complexity index is 1050. The van der Waals surface area contributed by atoms with Gasteiger partial charge in [0, 0.05) is 25.0 Å². The molecule has 0 saturated heterocycles. The van der Waals surface area contributed by atoms with Gasteiger partial charge in [-0.2, -0.15) is 0 Å². The molecule has 1 fully saturated rings. The van der Waals surface area contributed by atoms with Crippen LogP contribution in [0.3, 0.4) is 0 Å². The van der Waals surface area contributed by atoms with Crippen LogP contribution in [0.15, 0.2) is 42.7 Å². The molecule has 9 heteroatoms. The first kappa shape index (κ1) is 28.2.